The molecule has 0 N–H and O–H groups in total. The fraction of sp³-hybridized carbons (Fsp3) is 0.188. The van der Waals surface area contributed by atoms with Crippen LogP contribution < -0.4 is 9.64 Å². The van der Waals surface area contributed by atoms with Gasteiger partial charge in [-0.15, -0.1) is 0 Å². The van der Waals surface area contributed by atoms with Crippen molar-refractivity contribution < 1.29 is 4.74 Å². The Morgan fingerprint density at radius 1 is 1.11 bits per heavy atom. The molecule has 0 heterocycles. The number of nitrogens with zero attached hydrogens (tertiary/aromatic N) is 2. The summed E-state index contributed by atoms with van der Waals surface area (Å²) in [5, 5.41) is 9.09. The molecule has 0 radical (unpaired) electrons. The first kappa shape index (κ1) is 13.0. The maximum absolute atomic E-state index is 9.09. The molecule has 96 valence electrons. The molecule has 0 unspecified atom stereocenters. The number of benzene rings is 2. The molecular weight excluding hydrogens is 236 g/mol. The fourth-order valence-corrected chi connectivity index (χ4v) is 1.95. The number of ether oxygens (including phenoxy) is 1. The molecule has 2 aromatic carbocycles. The van der Waals surface area contributed by atoms with Crippen molar-refractivity contribution in [1.29, 1.82) is 5.26 Å². The van der Waals surface area contributed by atoms with Gasteiger partial charge < -0.3 is 9.64 Å². The molecule has 19 heavy (non-hydrogen) atoms. The highest BCUT2D eigenvalue weighted by Gasteiger charge is 2.06. The molecule has 0 aliphatic carbocycles. The van der Waals surface area contributed by atoms with Gasteiger partial charge in [-0.1, -0.05) is 18.2 Å². The summed E-state index contributed by atoms with van der Waals surface area (Å²) in [6, 6.07) is 17.8. The lowest BCUT2D eigenvalue weighted by molar-refractivity contribution is 0.415. The third-order valence-corrected chi connectivity index (χ3v) is 3.06. The van der Waals surface area contributed by atoms with Gasteiger partial charge in [0.25, 0.3) is 0 Å². The quantitative estimate of drug-likeness (QED) is 0.838. The Bertz CT molecular complexity index is 584. The molecule has 0 aromatic heterocycles. The van der Waals surface area contributed by atoms with Gasteiger partial charge in [-0.05, 0) is 35.9 Å². The largest absolute Gasteiger partial charge is 0.497 e. The van der Waals surface area contributed by atoms with E-state index >= 15 is 0 Å². The van der Waals surface area contributed by atoms with E-state index in [-0.39, 0.29) is 0 Å². The maximum Gasteiger partial charge on any atom is 0.119 e. The molecule has 2 rings (SSSR count). The van der Waals surface area contributed by atoms with E-state index in [2.05, 4.69) is 11.0 Å². The average molecular weight is 252 g/mol. The van der Waals surface area contributed by atoms with Crippen LogP contribution in [0.25, 0.3) is 0 Å². The van der Waals surface area contributed by atoms with E-state index in [0.717, 1.165) is 22.6 Å². The minimum Gasteiger partial charge on any atom is -0.497 e. The summed E-state index contributed by atoms with van der Waals surface area (Å²) in [6.07, 6.45) is 0. The molecule has 2 aromatic rings. The van der Waals surface area contributed by atoms with Crippen LogP contribution in [-0.4, -0.2) is 14.2 Å². The second-order valence-electron chi connectivity index (χ2n) is 4.32. The van der Waals surface area contributed by atoms with Gasteiger partial charge in [0.2, 0.25) is 0 Å². The summed E-state index contributed by atoms with van der Waals surface area (Å²) >= 11 is 0. The number of methoxy groups -OCH3 is 1. The monoisotopic (exact) mass is 252 g/mol. The fourth-order valence-electron chi connectivity index (χ4n) is 1.95. The van der Waals surface area contributed by atoms with E-state index in [1.807, 2.05) is 55.6 Å². The highest BCUT2D eigenvalue weighted by molar-refractivity contribution is 5.50. The first-order valence-electron chi connectivity index (χ1n) is 6.08. The molecular formula is C16H16N2O. The number of rotatable bonds is 4. The number of hydrogen-bond donors (Lipinski definition) is 0. The Balaban J connectivity index is 2.16. The van der Waals surface area contributed by atoms with Crippen molar-refractivity contribution in [2.75, 3.05) is 19.1 Å². The maximum atomic E-state index is 9.09. The number of nitriles is 1. The average Bonchev–Trinajstić information content (AvgIpc) is 2.48. The lowest BCUT2D eigenvalue weighted by atomic mass is 10.1. The van der Waals surface area contributed by atoms with Gasteiger partial charge >= 0.3 is 0 Å². The van der Waals surface area contributed by atoms with E-state index < -0.39 is 0 Å². The van der Waals surface area contributed by atoms with E-state index in [1.54, 1.807) is 7.11 Å². The molecule has 3 heteroatoms. The number of hydrogen-bond acceptors (Lipinski definition) is 3. The van der Waals surface area contributed by atoms with Crippen LogP contribution in [0.4, 0.5) is 5.69 Å². The summed E-state index contributed by atoms with van der Waals surface area (Å²) in [5.41, 5.74) is 2.85. The van der Waals surface area contributed by atoms with Crippen molar-refractivity contribution >= 4 is 5.69 Å². The van der Waals surface area contributed by atoms with Crippen molar-refractivity contribution in [3.8, 4) is 11.8 Å². The third-order valence-electron chi connectivity index (χ3n) is 3.06. The van der Waals surface area contributed by atoms with Gasteiger partial charge in [-0.3, -0.25) is 0 Å². The highest BCUT2D eigenvalue weighted by Crippen LogP contribution is 2.20. The van der Waals surface area contributed by atoms with Crippen molar-refractivity contribution in [2.24, 2.45) is 0 Å². The summed E-state index contributed by atoms with van der Waals surface area (Å²) in [7, 11) is 3.66. The Morgan fingerprint density at radius 2 is 1.79 bits per heavy atom. The zero-order valence-electron chi connectivity index (χ0n) is 11.1. The Kier molecular flexibility index (Phi) is 4.04. The smallest absolute Gasteiger partial charge is 0.119 e. The summed E-state index contributed by atoms with van der Waals surface area (Å²) in [6.45, 7) is 0.704. The van der Waals surface area contributed by atoms with Gasteiger partial charge in [0, 0.05) is 19.3 Å². The van der Waals surface area contributed by atoms with Crippen molar-refractivity contribution in [1.82, 2.24) is 0 Å². The lowest BCUT2D eigenvalue weighted by Crippen LogP contribution is -2.16. The minimum atomic E-state index is 0.704. The van der Waals surface area contributed by atoms with Gasteiger partial charge in [0.15, 0.2) is 0 Å². The summed E-state index contributed by atoms with van der Waals surface area (Å²) < 4.78 is 5.14. The SMILES string of the molecule is COc1ccc(N(C)Cc2ccccc2C#N)cc1. The van der Waals surface area contributed by atoms with Crippen molar-refractivity contribution in [3.05, 3.63) is 59.7 Å². The van der Waals surface area contributed by atoms with Gasteiger partial charge in [0.05, 0.1) is 18.7 Å². The van der Waals surface area contributed by atoms with Gasteiger partial charge in [-0.2, -0.15) is 5.26 Å². The summed E-state index contributed by atoms with van der Waals surface area (Å²) in [5.74, 6) is 0.842. The van der Waals surface area contributed by atoms with Gasteiger partial charge in [0.1, 0.15) is 5.75 Å². The zero-order valence-corrected chi connectivity index (χ0v) is 11.1. The predicted molar refractivity (Wildman–Crippen MR) is 76.3 cm³/mol. The van der Waals surface area contributed by atoms with Crippen molar-refractivity contribution in [3.63, 3.8) is 0 Å². The standard InChI is InChI=1S/C16H16N2O/c1-18(15-7-9-16(19-2)10-8-15)12-14-6-4-3-5-13(14)11-17/h3-10H,12H2,1-2H3. The third kappa shape index (κ3) is 3.05. The molecule has 0 saturated carbocycles. The predicted octanol–water partition coefficient (Wildman–Crippen LogP) is 3.20. The van der Waals surface area contributed by atoms with Crippen LogP contribution >= 0.6 is 0 Å². The molecule has 0 amide bonds. The van der Waals surface area contributed by atoms with Gasteiger partial charge in [-0.25, -0.2) is 0 Å². The van der Waals surface area contributed by atoms with Crippen LogP contribution in [0.3, 0.4) is 0 Å². The molecule has 0 atom stereocenters. The Hall–Kier alpha value is -2.47. The molecule has 0 aliphatic rings. The van der Waals surface area contributed by atoms with E-state index in [4.69, 9.17) is 10.00 Å². The van der Waals surface area contributed by atoms with Crippen LogP contribution in [-0.2, 0) is 6.54 Å². The van der Waals surface area contributed by atoms with Crippen LogP contribution in [0.1, 0.15) is 11.1 Å². The second kappa shape index (κ2) is 5.92. The van der Waals surface area contributed by atoms with E-state index in [9.17, 15) is 0 Å². The molecule has 0 bridgehead atoms. The molecule has 0 fully saturated rings. The normalized spacial score (nSPS) is 9.74. The highest BCUT2D eigenvalue weighted by atomic mass is 16.5. The first-order valence-corrected chi connectivity index (χ1v) is 6.08. The molecule has 0 spiro atoms. The van der Waals surface area contributed by atoms with Crippen LogP contribution in [0, 0.1) is 11.3 Å². The lowest BCUT2D eigenvalue weighted by Gasteiger charge is -2.20. The van der Waals surface area contributed by atoms with E-state index in [1.165, 1.54) is 0 Å². The minimum absolute atomic E-state index is 0.704. The second-order valence-corrected chi connectivity index (χ2v) is 4.32. The molecule has 0 saturated heterocycles. The van der Waals surface area contributed by atoms with Crippen LogP contribution in [0.2, 0.25) is 0 Å². The molecule has 0 aliphatic heterocycles. The van der Waals surface area contributed by atoms with E-state index in [0.29, 0.717) is 6.54 Å². The van der Waals surface area contributed by atoms with Crippen LogP contribution in [0.15, 0.2) is 48.5 Å². The number of anilines is 1. The first-order chi connectivity index (χ1) is 9.24. The Labute approximate surface area is 113 Å². The zero-order chi connectivity index (χ0) is 13.7. The topological polar surface area (TPSA) is 36.3 Å². The van der Waals surface area contributed by atoms with Crippen molar-refractivity contribution in [2.45, 2.75) is 6.54 Å². The molecule has 3 nitrogen and oxygen atoms in total. The summed E-state index contributed by atoms with van der Waals surface area (Å²) in [4.78, 5) is 2.11. The Morgan fingerprint density at radius 3 is 2.42 bits per heavy atom. The van der Waals surface area contributed by atoms with Crippen LogP contribution in [0.5, 0.6) is 5.75 Å².